The molecule has 0 radical (unpaired) electrons. The molecular formula is C22H17ClN2O3. The molecule has 1 N–H and O–H groups in total. The van der Waals surface area contributed by atoms with E-state index in [4.69, 9.17) is 11.6 Å². The number of aromatic nitrogens is 1. The van der Waals surface area contributed by atoms with Gasteiger partial charge in [-0.3, -0.25) is 14.6 Å². The Morgan fingerprint density at radius 3 is 2.68 bits per heavy atom. The lowest BCUT2D eigenvalue weighted by atomic mass is 9.88. The molecule has 1 aromatic heterocycles. The molecule has 2 heterocycles. The van der Waals surface area contributed by atoms with Gasteiger partial charge in [0.15, 0.2) is 11.4 Å². The Morgan fingerprint density at radius 2 is 1.93 bits per heavy atom. The fourth-order valence-electron chi connectivity index (χ4n) is 3.51. The van der Waals surface area contributed by atoms with Gasteiger partial charge in [-0.15, -0.1) is 0 Å². The van der Waals surface area contributed by atoms with Gasteiger partial charge in [-0.1, -0.05) is 41.9 Å². The van der Waals surface area contributed by atoms with Gasteiger partial charge in [-0.25, -0.2) is 0 Å². The summed E-state index contributed by atoms with van der Waals surface area (Å²) >= 11 is 6.06. The van der Waals surface area contributed by atoms with Crippen LogP contribution < -0.4 is 4.90 Å². The molecule has 5 nitrogen and oxygen atoms in total. The van der Waals surface area contributed by atoms with Crippen LogP contribution in [0.25, 0.3) is 0 Å². The molecule has 2 aromatic carbocycles. The minimum Gasteiger partial charge on any atom is -0.375 e. The number of hydrogen-bond donors (Lipinski definition) is 1. The number of para-hydroxylation sites is 1. The number of nitrogens with zero attached hydrogens (tertiary/aromatic N) is 2. The molecule has 0 spiro atoms. The summed E-state index contributed by atoms with van der Waals surface area (Å²) in [5.74, 6) is -0.866. The van der Waals surface area contributed by atoms with Gasteiger partial charge in [0.1, 0.15) is 0 Å². The third kappa shape index (κ3) is 3.19. The molecule has 0 bridgehead atoms. The standard InChI is InChI=1S/C22H17ClN2O3/c23-17-7-3-5-15(11-17)14-25-19-9-2-1-8-18(19)22(28,21(25)27)12-20(26)16-6-4-10-24-13-16/h1-11,13,28H,12,14H2. The number of benzene rings is 2. The highest BCUT2D eigenvalue weighted by Gasteiger charge is 2.50. The lowest BCUT2D eigenvalue weighted by Crippen LogP contribution is -2.41. The van der Waals surface area contributed by atoms with Crippen molar-refractivity contribution in [3.63, 3.8) is 0 Å². The van der Waals surface area contributed by atoms with Crippen LogP contribution in [0.1, 0.15) is 27.9 Å². The number of rotatable bonds is 5. The summed E-state index contributed by atoms with van der Waals surface area (Å²) in [6.07, 6.45) is 2.65. The number of halogens is 1. The molecular weight excluding hydrogens is 376 g/mol. The molecule has 0 aliphatic carbocycles. The first-order valence-electron chi connectivity index (χ1n) is 8.80. The normalized spacial score (nSPS) is 18.2. The smallest absolute Gasteiger partial charge is 0.264 e. The molecule has 1 unspecified atom stereocenters. The maximum atomic E-state index is 13.2. The highest BCUT2D eigenvalue weighted by atomic mass is 35.5. The summed E-state index contributed by atoms with van der Waals surface area (Å²) in [4.78, 5) is 31.3. The molecule has 1 aliphatic heterocycles. The fraction of sp³-hybridized carbons (Fsp3) is 0.136. The SMILES string of the molecule is O=C(CC1(O)C(=O)N(Cc2cccc(Cl)c2)c2ccccc21)c1cccnc1. The van der Waals surface area contributed by atoms with Crippen molar-refractivity contribution in [1.82, 2.24) is 4.98 Å². The number of amides is 1. The van der Waals surface area contributed by atoms with Crippen molar-refractivity contribution in [3.05, 3.63) is 94.8 Å². The zero-order chi connectivity index (χ0) is 19.7. The van der Waals surface area contributed by atoms with Crippen LogP contribution in [0, 0.1) is 0 Å². The van der Waals surface area contributed by atoms with Crippen molar-refractivity contribution in [1.29, 1.82) is 0 Å². The van der Waals surface area contributed by atoms with Crippen LogP contribution in [0.2, 0.25) is 5.02 Å². The number of aliphatic hydroxyl groups is 1. The maximum Gasteiger partial charge on any atom is 0.264 e. The first kappa shape index (κ1) is 18.3. The van der Waals surface area contributed by atoms with E-state index in [0.717, 1.165) is 5.56 Å². The van der Waals surface area contributed by atoms with Crippen molar-refractivity contribution < 1.29 is 14.7 Å². The topological polar surface area (TPSA) is 70.5 Å². The Labute approximate surface area is 167 Å². The molecule has 1 aliphatic rings. The average molecular weight is 393 g/mol. The van der Waals surface area contributed by atoms with E-state index >= 15 is 0 Å². The van der Waals surface area contributed by atoms with E-state index in [0.29, 0.717) is 21.8 Å². The van der Waals surface area contributed by atoms with E-state index in [1.807, 2.05) is 12.1 Å². The molecule has 28 heavy (non-hydrogen) atoms. The van der Waals surface area contributed by atoms with Crippen molar-refractivity contribution >= 4 is 29.0 Å². The number of anilines is 1. The number of Topliss-reactive ketones (excluding diaryl/α,β-unsaturated/α-hetero) is 1. The van der Waals surface area contributed by atoms with E-state index in [2.05, 4.69) is 4.98 Å². The van der Waals surface area contributed by atoms with Crippen LogP contribution in [0.15, 0.2) is 73.1 Å². The van der Waals surface area contributed by atoms with Crippen LogP contribution in [0.4, 0.5) is 5.69 Å². The van der Waals surface area contributed by atoms with Crippen LogP contribution in [0.5, 0.6) is 0 Å². The highest BCUT2D eigenvalue weighted by Crippen LogP contribution is 2.43. The first-order valence-corrected chi connectivity index (χ1v) is 9.18. The van der Waals surface area contributed by atoms with Crippen molar-refractivity contribution in [2.45, 2.75) is 18.6 Å². The number of fused-ring (bicyclic) bond motifs is 1. The minimum absolute atomic E-state index is 0.250. The van der Waals surface area contributed by atoms with E-state index in [-0.39, 0.29) is 18.7 Å². The Hall–Kier alpha value is -3.02. The second-order valence-electron chi connectivity index (χ2n) is 6.74. The van der Waals surface area contributed by atoms with Gasteiger partial charge in [0.2, 0.25) is 0 Å². The van der Waals surface area contributed by atoms with Crippen LogP contribution >= 0.6 is 11.6 Å². The summed E-state index contributed by atoms with van der Waals surface area (Å²) < 4.78 is 0. The van der Waals surface area contributed by atoms with E-state index in [1.54, 1.807) is 54.7 Å². The van der Waals surface area contributed by atoms with Crippen molar-refractivity contribution in [3.8, 4) is 0 Å². The molecule has 1 amide bonds. The van der Waals surface area contributed by atoms with Gasteiger partial charge >= 0.3 is 0 Å². The first-order chi connectivity index (χ1) is 13.5. The van der Waals surface area contributed by atoms with Crippen molar-refractivity contribution in [2.24, 2.45) is 0 Å². The Morgan fingerprint density at radius 1 is 1.11 bits per heavy atom. The van der Waals surface area contributed by atoms with Gasteiger partial charge in [-0.05, 0) is 35.9 Å². The van der Waals surface area contributed by atoms with Gasteiger partial charge < -0.3 is 10.0 Å². The molecule has 0 saturated carbocycles. The molecule has 6 heteroatoms. The summed E-state index contributed by atoms with van der Waals surface area (Å²) in [6, 6.07) is 17.5. The Kier molecular flexibility index (Phi) is 4.71. The lowest BCUT2D eigenvalue weighted by Gasteiger charge is -2.23. The summed E-state index contributed by atoms with van der Waals surface area (Å²) in [5.41, 5.74) is 0.295. The van der Waals surface area contributed by atoms with E-state index in [9.17, 15) is 14.7 Å². The summed E-state index contributed by atoms with van der Waals surface area (Å²) in [6.45, 7) is 0.250. The van der Waals surface area contributed by atoms with Gasteiger partial charge in [0.25, 0.3) is 5.91 Å². The quantitative estimate of drug-likeness (QED) is 0.671. The summed E-state index contributed by atoms with van der Waals surface area (Å²) in [5, 5.41) is 11.9. The Bertz CT molecular complexity index is 1050. The minimum atomic E-state index is -1.91. The highest BCUT2D eigenvalue weighted by molar-refractivity contribution is 6.30. The number of carbonyl (C=O) groups excluding carboxylic acids is 2. The maximum absolute atomic E-state index is 13.2. The largest absolute Gasteiger partial charge is 0.375 e. The molecule has 0 saturated heterocycles. The predicted octanol–water partition coefficient (Wildman–Crippen LogP) is 3.74. The second kappa shape index (κ2) is 7.19. The lowest BCUT2D eigenvalue weighted by molar-refractivity contribution is -0.136. The fourth-order valence-corrected chi connectivity index (χ4v) is 3.73. The van der Waals surface area contributed by atoms with Crippen LogP contribution in [0.3, 0.4) is 0 Å². The third-order valence-electron chi connectivity index (χ3n) is 4.87. The zero-order valence-electron chi connectivity index (χ0n) is 14.9. The van der Waals surface area contributed by atoms with E-state index < -0.39 is 11.5 Å². The second-order valence-corrected chi connectivity index (χ2v) is 7.18. The van der Waals surface area contributed by atoms with Gasteiger partial charge in [0, 0.05) is 28.5 Å². The average Bonchev–Trinajstić information content (AvgIpc) is 2.91. The number of hydrogen-bond acceptors (Lipinski definition) is 4. The number of ketones is 1. The van der Waals surface area contributed by atoms with Gasteiger partial charge in [-0.2, -0.15) is 0 Å². The zero-order valence-corrected chi connectivity index (χ0v) is 15.6. The molecule has 0 fully saturated rings. The Balaban J connectivity index is 1.69. The monoisotopic (exact) mass is 392 g/mol. The number of pyridine rings is 1. The molecule has 4 rings (SSSR count). The molecule has 140 valence electrons. The third-order valence-corrected chi connectivity index (χ3v) is 5.10. The molecule has 3 aromatic rings. The van der Waals surface area contributed by atoms with Crippen LogP contribution in [-0.2, 0) is 16.9 Å². The molecule has 1 atom stereocenters. The summed E-state index contributed by atoms with van der Waals surface area (Å²) in [7, 11) is 0. The van der Waals surface area contributed by atoms with Crippen molar-refractivity contribution in [2.75, 3.05) is 4.90 Å². The predicted molar refractivity (Wildman–Crippen MR) is 106 cm³/mol. The van der Waals surface area contributed by atoms with Gasteiger partial charge in [0.05, 0.1) is 18.7 Å². The van der Waals surface area contributed by atoms with Crippen LogP contribution in [-0.4, -0.2) is 21.8 Å². The van der Waals surface area contributed by atoms with E-state index in [1.165, 1.54) is 11.1 Å². The number of carbonyl (C=O) groups is 2.